The van der Waals surface area contributed by atoms with E-state index in [2.05, 4.69) is 11.6 Å². The van der Waals surface area contributed by atoms with Gasteiger partial charge in [-0.15, -0.1) is 6.58 Å². The largest absolute Gasteiger partial charge is 0.384 e. The van der Waals surface area contributed by atoms with Gasteiger partial charge in [-0.25, -0.2) is 4.98 Å². The van der Waals surface area contributed by atoms with Crippen molar-refractivity contribution in [2.45, 2.75) is 38.5 Å². The van der Waals surface area contributed by atoms with E-state index in [0.717, 1.165) is 12.8 Å². The minimum atomic E-state index is 0.624. The lowest BCUT2D eigenvalue weighted by atomic mass is 10.1. The number of pyridine rings is 1. The smallest absolute Gasteiger partial charge is 0.123 e. The van der Waals surface area contributed by atoms with Crippen molar-refractivity contribution in [1.29, 1.82) is 0 Å². The van der Waals surface area contributed by atoms with Crippen molar-refractivity contribution in [3.05, 3.63) is 36.5 Å². The predicted octanol–water partition coefficient (Wildman–Crippen LogP) is 3.34. The van der Waals surface area contributed by atoms with E-state index in [1.54, 1.807) is 6.20 Å². The first kappa shape index (κ1) is 11.8. The molecular weight excluding hydrogens is 184 g/mol. The summed E-state index contributed by atoms with van der Waals surface area (Å²) in [7, 11) is 0. The number of aromatic nitrogens is 1. The second-order valence-electron chi connectivity index (χ2n) is 3.83. The molecule has 2 heteroatoms. The van der Waals surface area contributed by atoms with Gasteiger partial charge in [0.1, 0.15) is 5.82 Å². The Morgan fingerprint density at radius 1 is 1.27 bits per heavy atom. The third-order valence-electron chi connectivity index (χ3n) is 2.47. The van der Waals surface area contributed by atoms with Crippen LogP contribution in [0.25, 0.3) is 0 Å². The lowest BCUT2D eigenvalue weighted by Crippen LogP contribution is -1.92. The Morgan fingerprint density at radius 2 is 2.07 bits per heavy atom. The number of nitrogen functional groups attached to an aromatic ring is 1. The lowest BCUT2D eigenvalue weighted by Gasteiger charge is -2.01. The van der Waals surface area contributed by atoms with Crippen molar-refractivity contribution < 1.29 is 0 Å². The van der Waals surface area contributed by atoms with Crippen molar-refractivity contribution in [3.8, 4) is 0 Å². The van der Waals surface area contributed by atoms with E-state index in [9.17, 15) is 0 Å². The van der Waals surface area contributed by atoms with Crippen molar-refractivity contribution in [3.63, 3.8) is 0 Å². The van der Waals surface area contributed by atoms with Crippen LogP contribution in [0.1, 0.15) is 37.7 Å². The topological polar surface area (TPSA) is 38.9 Å². The van der Waals surface area contributed by atoms with Crippen LogP contribution in [0, 0.1) is 0 Å². The number of hydrogen-bond acceptors (Lipinski definition) is 2. The Bertz CT molecular complexity index is 294. The molecule has 0 amide bonds. The molecule has 2 nitrogen and oxygen atoms in total. The molecule has 1 aromatic heterocycles. The second-order valence-corrected chi connectivity index (χ2v) is 3.83. The van der Waals surface area contributed by atoms with Gasteiger partial charge in [-0.2, -0.15) is 0 Å². The van der Waals surface area contributed by atoms with Crippen LogP contribution in [-0.2, 0) is 6.42 Å². The zero-order valence-corrected chi connectivity index (χ0v) is 9.28. The molecule has 0 radical (unpaired) electrons. The molecule has 1 heterocycles. The summed E-state index contributed by atoms with van der Waals surface area (Å²) in [6, 6.07) is 4.00. The first-order valence-corrected chi connectivity index (χ1v) is 5.64. The van der Waals surface area contributed by atoms with E-state index in [0.29, 0.717) is 5.82 Å². The van der Waals surface area contributed by atoms with Gasteiger partial charge in [-0.05, 0) is 43.4 Å². The number of rotatable bonds is 7. The number of nitrogens with two attached hydrogens (primary N) is 1. The molecule has 15 heavy (non-hydrogen) atoms. The SMILES string of the molecule is C=CCCCCCCc1ccnc(N)c1. The fourth-order valence-corrected chi connectivity index (χ4v) is 1.62. The Hall–Kier alpha value is -1.31. The minimum Gasteiger partial charge on any atom is -0.384 e. The Labute approximate surface area is 92.2 Å². The third kappa shape index (κ3) is 5.21. The van der Waals surface area contributed by atoms with E-state index in [-0.39, 0.29) is 0 Å². The molecule has 0 aliphatic heterocycles. The number of anilines is 1. The van der Waals surface area contributed by atoms with Gasteiger partial charge in [0.2, 0.25) is 0 Å². The summed E-state index contributed by atoms with van der Waals surface area (Å²) in [5.74, 6) is 0.624. The summed E-state index contributed by atoms with van der Waals surface area (Å²) in [4.78, 5) is 3.98. The highest BCUT2D eigenvalue weighted by molar-refractivity contribution is 5.31. The monoisotopic (exact) mass is 204 g/mol. The van der Waals surface area contributed by atoms with Crippen molar-refractivity contribution in [2.24, 2.45) is 0 Å². The van der Waals surface area contributed by atoms with Crippen molar-refractivity contribution >= 4 is 5.82 Å². The molecule has 0 aliphatic carbocycles. The van der Waals surface area contributed by atoms with Gasteiger partial charge < -0.3 is 5.73 Å². The highest BCUT2D eigenvalue weighted by Crippen LogP contribution is 2.10. The highest BCUT2D eigenvalue weighted by Gasteiger charge is 1.94. The quantitative estimate of drug-likeness (QED) is 0.546. The fraction of sp³-hybridized carbons (Fsp3) is 0.462. The van der Waals surface area contributed by atoms with Crippen LogP contribution in [0.5, 0.6) is 0 Å². The molecule has 2 N–H and O–H groups in total. The molecule has 1 rings (SSSR count). The van der Waals surface area contributed by atoms with Crippen LogP contribution >= 0.6 is 0 Å². The van der Waals surface area contributed by atoms with Gasteiger partial charge in [0.25, 0.3) is 0 Å². The summed E-state index contributed by atoms with van der Waals surface area (Å²) >= 11 is 0. The second kappa shape index (κ2) is 7.04. The average Bonchev–Trinajstić information content (AvgIpc) is 2.23. The molecule has 0 aliphatic rings. The first-order valence-electron chi connectivity index (χ1n) is 5.64. The number of hydrogen-bond donors (Lipinski definition) is 1. The Kier molecular flexibility index (Phi) is 5.52. The molecule has 82 valence electrons. The predicted molar refractivity (Wildman–Crippen MR) is 65.6 cm³/mol. The average molecular weight is 204 g/mol. The number of unbranched alkanes of at least 4 members (excludes halogenated alkanes) is 4. The zero-order valence-electron chi connectivity index (χ0n) is 9.28. The van der Waals surface area contributed by atoms with Gasteiger partial charge in [-0.3, -0.25) is 0 Å². The first-order chi connectivity index (χ1) is 7.33. The van der Waals surface area contributed by atoms with Gasteiger partial charge in [-0.1, -0.05) is 18.9 Å². The molecule has 0 unspecified atom stereocenters. The number of aryl methyl sites for hydroxylation is 1. The van der Waals surface area contributed by atoms with E-state index >= 15 is 0 Å². The van der Waals surface area contributed by atoms with Crippen LogP contribution in [-0.4, -0.2) is 4.98 Å². The van der Waals surface area contributed by atoms with Gasteiger partial charge in [0.15, 0.2) is 0 Å². The Balaban J connectivity index is 2.12. The molecule has 0 atom stereocenters. The summed E-state index contributed by atoms with van der Waals surface area (Å²) in [6.45, 7) is 3.71. The normalized spacial score (nSPS) is 10.1. The molecule has 0 saturated carbocycles. The molecule has 0 aromatic carbocycles. The standard InChI is InChI=1S/C13H20N2/c1-2-3-4-5-6-7-8-12-9-10-15-13(14)11-12/h2,9-11H,1,3-8H2,(H2,14,15). The fourth-order valence-electron chi connectivity index (χ4n) is 1.62. The van der Waals surface area contributed by atoms with E-state index < -0.39 is 0 Å². The van der Waals surface area contributed by atoms with Crippen LogP contribution in [0.2, 0.25) is 0 Å². The summed E-state index contributed by atoms with van der Waals surface area (Å²) in [6.07, 6.45) is 11.1. The van der Waals surface area contributed by atoms with Gasteiger partial charge >= 0.3 is 0 Å². The minimum absolute atomic E-state index is 0.624. The van der Waals surface area contributed by atoms with Crippen LogP contribution in [0.3, 0.4) is 0 Å². The number of nitrogens with zero attached hydrogens (tertiary/aromatic N) is 1. The summed E-state index contributed by atoms with van der Waals surface area (Å²) in [5.41, 5.74) is 6.90. The van der Waals surface area contributed by atoms with Crippen LogP contribution < -0.4 is 5.73 Å². The molecule has 0 fully saturated rings. The van der Waals surface area contributed by atoms with Crippen LogP contribution in [0.4, 0.5) is 5.82 Å². The zero-order chi connectivity index (χ0) is 10.9. The maximum Gasteiger partial charge on any atom is 0.123 e. The van der Waals surface area contributed by atoms with Crippen molar-refractivity contribution in [1.82, 2.24) is 4.98 Å². The van der Waals surface area contributed by atoms with Crippen LogP contribution in [0.15, 0.2) is 31.0 Å². The summed E-state index contributed by atoms with van der Waals surface area (Å²) < 4.78 is 0. The number of allylic oxidation sites excluding steroid dienone is 1. The summed E-state index contributed by atoms with van der Waals surface area (Å²) in [5, 5.41) is 0. The lowest BCUT2D eigenvalue weighted by molar-refractivity contribution is 0.646. The molecule has 0 spiro atoms. The highest BCUT2D eigenvalue weighted by atomic mass is 14.8. The van der Waals surface area contributed by atoms with E-state index in [1.807, 2.05) is 18.2 Å². The molecule has 1 aromatic rings. The molecule has 0 saturated heterocycles. The molecule has 0 bridgehead atoms. The van der Waals surface area contributed by atoms with E-state index in [4.69, 9.17) is 5.73 Å². The van der Waals surface area contributed by atoms with Gasteiger partial charge in [0, 0.05) is 6.20 Å². The van der Waals surface area contributed by atoms with E-state index in [1.165, 1.54) is 31.2 Å². The third-order valence-corrected chi connectivity index (χ3v) is 2.47. The maximum absolute atomic E-state index is 5.61. The van der Waals surface area contributed by atoms with Crippen molar-refractivity contribution in [2.75, 3.05) is 5.73 Å². The molecular formula is C13H20N2. The Morgan fingerprint density at radius 3 is 2.80 bits per heavy atom. The maximum atomic E-state index is 5.61. The van der Waals surface area contributed by atoms with Gasteiger partial charge in [0.05, 0.1) is 0 Å².